The molecule has 0 aliphatic carbocycles. The van der Waals surface area contributed by atoms with E-state index in [0.29, 0.717) is 10.7 Å². The van der Waals surface area contributed by atoms with Gasteiger partial charge in [-0.2, -0.15) is 0 Å². The molecule has 0 heterocycles. The number of amides is 2. The van der Waals surface area contributed by atoms with Gasteiger partial charge in [0.15, 0.2) is 0 Å². The molecular weight excluding hydrogens is 470 g/mol. The molecule has 7 nitrogen and oxygen atoms in total. The molecule has 0 atom stereocenters. The SMILES string of the molecule is Cc1cc(Br)ccc1NC(=O)CNC(=O)CCNS(=O)(=O)c1cccc(Cl)c1. The highest BCUT2D eigenvalue weighted by molar-refractivity contribution is 9.10. The molecule has 3 N–H and O–H groups in total. The Bertz CT molecular complexity index is 983. The predicted octanol–water partition coefficient (Wildman–Crippen LogP) is 2.83. The molecule has 0 aromatic heterocycles. The van der Waals surface area contributed by atoms with E-state index in [2.05, 4.69) is 31.3 Å². The Kier molecular flexibility index (Phi) is 7.99. The third-order valence-corrected chi connectivity index (χ3v) is 5.85. The van der Waals surface area contributed by atoms with E-state index in [1.165, 1.54) is 18.2 Å². The van der Waals surface area contributed by atoms with Gasteiger partial charge in [-0.1, -0.05) is 33.6 Å². The maximum Gasteiger partial charge on any atom is 0.243 e. The summed E-state index contributed by atoms with van der Waals surface area (Å²) in [7, 11) is -3.76. The molecule has 0 saturated carbocycles. The molecule has 150 valence electrons. The summed E-state index contributed by atoms with van der Waals surface area (Å²) in [6.45, 7) is 1.54. The van der Waals surface area contributed by atoms with Gasteiger partial charge in [-0.25, -0.2) is 13.1 Å². The fourth-order valence-corrected chi connectivity index (χ4v) is 4.05. The van der Waals surface area contributed by atoms with Crippen molar-refractivity contribution in [3.05, 3.63) is 57.5 Å². The minimum atomic E-state index is -3.76. The summed E-state index contributed by atoms with van der Waals surface area (Å²) in [6.07, 6.45) is -0.107. The number of nitrogens with one attached hydrogen (secondary N) is 3. The number of halogens is 2. The second-order valence-electron chi connectivity index (χ2n) is 5.89. The van der Waals surface area contributed by atoms with Gasteiger partial charge in [0, 0.05) is 28.1 Å². The van der Waals surface area contributed by atoms with E-state index in [4.69, 9.17) is 11.6 Å². The van der Waals surface area contributed by atoms with Crippen LogP contribution in [0.15, 0.2) is 51.8 Å². The summed E-state index contributed by atoms with van der Waals surface area (Å²) in [5.41, 5.74) is 1.53. The second-order valence-corrected chi connectivity index (χ2v) is 9.01. The van der Waals surface area contributed by atoms with Crippen molar-refractivity contribution >= 4 is 55.1 Å². The molecule has 28 heavy (non-hydrogen) atoms. The van der Waals surface area contributed by atoms with Crippen LogP contribution in [-0.4, -0.2) is 33.3 Å². The minimum absolute atomic E-state index is 0.0182. The Morgan fingerprint density at radius 2 is 1.86 bits per heavy atom. The van der Waals surface area contributed by atoms with Crippen LogP contribution < -0.4 is 15.4 Å². The third kappa shape index (κ3) is 6.90. The van der Waals surface area contributed by atoms with Crippen LogP contribution in [0.4, 0.5) is 5.69 Å². The van der Waals surface area contributed by atoms with Gasteiger partial charge < -0.3 is 10.6 Å². The second kappa shape index (κ2) is 10.0. The van der Waals surface area contributed by atoms with Crippen LogP contribution in [-0.2, 0) is 19.6 Å². The lowest BCUT2D eigenvalue weighted by atomic mass is 10.2. The largest absolute Gasteiger partial charge is 0.347 e. The Labute approximate surface area is 177 Å². The molecule has 0 aliphatic heterocycles. The molecule has 0 bridgehead atoms. The lowest BCUT2D eigenvalue weighted by Gasteiger charge is -2.10. The molecule has 2 rings (SSSR count). The van der Waals surface area contributed by atoms with Gasteiger partial charge in [0.2, 0.25) is 21.8 Å². The molecule has 0 fully saturated rings. The fraction of sp³-hybridized carbons (Fsp3) is 0.222. The van der Waals surface area contributed by atoms with Gasteiger partial charge in [-0.15, -0.1) is 0 Å². The summed E-state index contributed by atoms with van der Waals surface area (Å²) in [4.78, 5) is 23.8. The van der Waals surface area contributed by atoms with Gasteiger partial charge in [-0.05, 0) is 48.9 Å². The first-order valence-corrected chi connectivity index (χ1v) is 10.9. The zero-order chi connectivity index (χ0) is 20.7. The van der Waals surface area contributed by atoms with Gasteiger partial charge >= 0.3 is 0 Å². The average molecular weight is 489 g/mol. The van der Waals surface area contributed by atoms with Crippen molar-refractivity contribution in [1.29, 1.82) is 0 Å². The first kappa shape index (κ1) is 22.4. The number of hydrogen-bond acceptors (Lipinski definition) is 4. The van der Waals surface area contributed by atoms with Crippen molar-refractivity contribution in [1.82, 2.24) is 10.0 Å². The maximum atomic E-state index is 12.1. The molecule has 10 heteroatoms. The van der Waals surface area contributed by atoms with Crippen LogP contribution in [0.5, 0.6) is 0 Å². The fourth-order valence-electron chi connectivity index (χ4n) is 2.25. The molecule has 0 spiro atoms. The van der Waals surface area contributed by atoms with Crippen LogP contribution >= 0.6 is 27.5 Å². The monoisotopic (exact) mass is 487 g/mol. The number of sulfonamides is 1. The summed E-state index contributed by atoms with van der Waals surface area (Å²) in [5.74, 6) is -0.824. The summed E-state index contributed by atoms with van der Waals surface area (Å²) in [5, 5.41) is 5.45. The molecular formula is C18H19BrClN3O4S. The van der Waals surface area contributed by atoms with Crippen LogP contribution in [0.25, 0.3) is 0 Å². The molecule has 2 aromatic rings. The van der Waals surface area contributed by atoms with Gasteiger partial charge in [0.1, 0.15) is 0 Å². The molecule has 0 unspecified atom stereocenters. The van der Waals surface area contributed by atoms with E-state index >= 15 is 0 Å². The van der Waals surface area contributed by atoms with Crippen molar-refractivity contribution in [3.63, 3.8) is 0 Å². The van der Waals surface area contributed by atoms with E-state index in [0.717, 1.165) is 10.0 Å². The third-order valence-electron chi connectivity index (χ3n) is 3.66. The highest BCUT2D eigenvalue weighted by Crippen LogP contribution is 2.19. The van der Waals surface area contributed by atoms with E-state index in [9.17, 15) is 18.0 Å². The Morgan fingerprint density at radius 3 is 2.54 bits per heavy atom. The highest BCUT2D eigenvalue weighted by Gasteiger charge is 2.15. The smallest absolute Gasteiger partial charge is 0.243 e. The zero-order valence-electron chi connectivity index (χ0n) is 15.0. The number of carbonyl (C=O) groups excluding carboxylic acids is 2. The molecule has 2 aromatic carbocycles. The van der Waals surface area contributed by atoms with Crippen LogP contribution in [0.2, 0.25) is 5.02 Å². The lowest BCUT2D eigenvalue weighted by molar-refractivity contribution is -0.124. The van der Waals surface area contributed by atoms with E-state index < -0.39 is 15.9 Å². The van der Waals surface area contributed by atoms with Gasteiger partial charge in [0.25, 0.3) is 0 Å². The standard InChI is InChI=1S/C18H19BrClN3O4S/c1-12-9-13(19)5-6-16(12)23-18(25)11-21-17(24)7-8-22-28(26,27)15-4-2-3-14(20)10-15/h2-6,9-10,22H,7-8,11H2,1H3,(H,21,24)(H,23,25). The first-order chi connectivity index (χ1) is 13.2. The Morgan fingerprint density at radius 1 is 1.11 bits per heavy atom. The van der Waals surface area contributed by atoms with E-state index in [-0.39, 0.29) is 30.3 Å². The van der Waals surface area contributed by atoms with Crippen molar-refractivity contribution in [3.8, 4) is 0 Å². The van der Waals surface area contributed by atoms with Crippen molar-refractivity contribution in [2.75, 3.05) is 18.4 Å². The van der Waals surface area contributed by atoms with Gasteiger partial charge in [-0.3, -0.25) is 9.59 Å². The van der Waals surface area contributed by atoms with Gasteiger partial charge in [0.05, 0.1) is 11.4 Å². The number of benzene rings is 2. The predicted molar refractivity (Wildman–Crippen MR) is 112 cm³/mol. The Hall–Kier alpha value is -1.94. The van der Waals surface area contributed by atoms with E-state index in [1.54, 1.807) is 18.2 Å². The van der Waals surface area contributed by atoms with Crippen molar-refractivity contribution in [2.45, 2.75) is 18.2 Å². The minimum Gasteiger partial charge on any atom is -0.347 e. The summed E-state index contributed by atoms with van der Waals surface area (Å²) in [6, 6.07) is 11.2. The molecule has 0 aliphatic rings. The number of hydrogen-bond donors (Lipinski definition) is 3. The number of anilines is 1. The average Bonchev–Trinajstić information content (AvgIpc) is 2.62. The molecule has 2 amide bonds. The summed E-state index contributed by atoms with van der Waals surface area (Å²) < 4.78 is 27.5. The maximum absolute atomic E-state index is 12.1. The first-order valence-electron chi connectivity index (χ1n) is 8.25. The lowest BCUT2D eigenvalue weighted by Crippen LogP contribution is -2.35. The normalized spacial score (nSPS) is 11.1. The van der Waals surface area contributed by atoms with Crippen LogP contribution in [0, 0.1) is 6.92 Å². The van der Waals surface area contributed by atoms with Crippen LogP contribution in [0.3, 0.4) is 0 Å². The van der Waals surface area contributed by atoms with Crippen LogP contribution in [0.1, 0.15) is 12.0 Å². The van der Waals surface area contributed by atoms with Crippen molar-refractivity contribution < 1.29 is 18.0 Å². The molecule has 0 saturated heterocycles. The van der Waals surface area contributed by atoms with E-state index in [1.807, 2.05) is 13.0 Å². The summed E-state index contributed by atoms with van der Waals surface area (Å²) >= 11 is 9.13. The Balaban J connectivity index is 1.76. The molecule has 0 radical (unpaired) electrons. The number of carbonyl (C=O) groups is 2. The van der Waals surface area contributed by atoms with Crippen molar-refractivity contribution in [2.24, 2.45) is 0 Å². The number of rotatable bonds is 8. The topological polar surface area (TPSA) is 104 Å². The quantitative estimate of drug-likeness (QED) is 0.531. The zero-order valence-corrected chi connectivity index (χ0v) is 18.1. The highest BCUT2D eigenvalue weighted by atomic mass is 79.9. The number of aryl methyl sites for hydroxylation is 1.